The summed E-state index contributed by atoms with van der Waals surface area (Å²) in [5, 5.41) is 3.61. The first-order valence-electron chi connectivity index (χ1n) is 8.92. The summed E-state index contributed by atoms with van der Waals surface area (Å²) < 4.78 is 39.3. The molecule has 0 aliphatic carbocycles. The lowest BCUT2D eigenvalue weighted by Crippen LogP contribution is -2.32. The molecule has 0 saturated heterocycles. The van der Waals surface area contributed by atoms with Crippen LogP contribution in [0.25, 0.3) is 0 Å². The second kappa shape index (κ2) is 7.44. The Morgan fingerprint density at radius 2 is 1.69 bits per heavy atom. The number of alkyl halides is 3. The van der Waals surface area contributed by atoms with Crippen molar-refractivity contribution < 1.29 is 18.0 Å². The highest BCUT2D eigenvalue weighted by molar-refractivity contribution is 6.31. The molecular weight excluding hydrogens is 401 g/mol. The van der Waals surface area contributed by atoms with Crippen LogP contribution in [0.1, 0.15) is 33.2 Å². The van der Waals surface area contributed by atoms with E-state index in [1.54, 1.807) is 47.4 Å². The molecule has 0 spiro atoms. The topological polar surface area (TPSA) is 32.3 Å². The second-order valence-corrected chi connectivity index (χ2v) is 7.14. The van der Waals surface area contributed by atoms with Gasteiger partial charge < -0.3 is 10.2 Å². The average molecular weight is 417 g/mol. The molecule has 1 aliphatic heterocycles. The predicted molar refractivity (Wildman–Crippen MR) is 106 cm³/mol. The summed E-state index contributed by atoms with van der Waals surface area (Å²) in [5.74, 6) is -0.204. The van der Waals surface area contributed by atoms with Crippen LogP contribution in [0.4, 0.5) is 18.9 Å². The van der Waals surface area contributed by atoms with E-state index in [-0.39, 0.29) is 18.1 Å². The number of anilines is 1. The minimum Gasteiger partial charge on any atom is -0.361 e. The summed E-state index contributed by atoms with van der Waals surface area (Å²) in [6.45, 7) is 0.226. The van der Waals surface area contributed by atoms with Gasteiger partial charge in [-0.2, -0.15) is 13.2 Å². The Labute approximate surface area is 170 Å². The molecule has 1 N–H and O–H groups in total. The van der Waals surface area contributed by atoms with Crippen molar-refractivity contribution in [3.05, 3.63) is 100 Å². The van der Waals surface area contributed by atoms with Gasteiger partial charge in [0.05, 0.1) is 5.56 Å². The zero-order valence-electron chi connectivity index (χ0n) is 15.1. The maximum Gasteiger partial charge on any atom is 0.416 e. The lowest BCUT2D eigenvalue weighted by Gasteiger charge is -2.28. The van der Waals surface area contributed by atoms with E-state index in [1.165, 1.54) is 6.07 Å². The zero-order valence-corrected chi connectivity index (χ0v) is 15.8. The second-order valence-electron chi connectivity index (χ2n) is 6.74. The lowest BCUT2D eigenvalue weighted by atomic mass is 10.1. The molecule has 0 unspecified atom stereocenters. The number of rotatable bonds is 4. The summed E-state index contributed by atoms with van der Waals surface area (Å²) in [6, 6.07) is 19.2. The molecule has 3 aromatic rings. The highest BCUT2D eigenvalue weighted by atomic mass is 35.5. The van der Waals surface area contributed by atoms with Gasteiger partial charge in [-0.15, -0.1) is 0 Å². The van der Waals surface area contributed by atoms with Crippen molar-refractivity contribution in [1.82, 2.24) is 4.90 Å². The van der Waals surface area contributed by atoms with Crippen molar-refractivity contribution in [2.24, 2.45) is 0 Å². The average Bonchev–Trinajstić information content (AvgIpc) is 2.95. The number of amides is 1. The smallest absolute Gasteiger partial charge is 0.361 e. The first-order valence-corrected chi connectivity index (χ1v) is 9.29. The molecule has 7 heteroatoms. The van der Waals surface area contributed by atoms with Gasteiger partial charge in [-0.3, -0.25) is 4.79 Å². The van der Waals surface area contributed by atoms with Gasteiger partial charge in [-0.1, -0.05) is 54.1 Å². The molecule has 1 amide bonds. The third kappa shape index (κ3) is 3.80. The van der Waals surface area contributed by atoms with Gasteiger partial charge in [0.2, 0.25) is 0 Å². The molecule has 0 radical (unpaired) electrons. The summed E-state index contributed by atoms with van der Waals surface area (Å²) in [4.78, 5) is 14.6. The number of hydrogen-bond acceptors (Lipinski definition) is 2. The van der Waals surface area contributed by atoms with Crippen molar-refractivity contribution in [2.75, 3.05) is 5.32 Å². The Morgan fingerprint density at radius 1 is 0.966 bits per heavy atom. The highest BCUT2D eigenvalue weighted by Crippen LogP contribution is 2.37. The van der Waals surface area contributed by atoms with Gasteiger partial charge in [0.25, 0.3) is 5.91 Å². The standard InChI is InChI=1S/C22H16ClF3N2O/c23-19-11-4-1-6-14(19)13-28-20(17-9-2-3-10-18(17)21(28)29)27-16-8-5-7-15(12-16)22(24,25)26/h1-12,20,27H,13H2/t20-/m0/s1. The monoisotopic (exact) mass is 416 g/mol. The Morgan fingerprint density at radius 3 is 2.45 bits per heavy atom. The van der Waals surface area contributed by atoms with Gasteiger partial charge in [0, 0.05) is 28.4 Å². The third-order valence-corrected chi connectivity index (χ3v) is 5.22. The molecule has 148 valence electrons. The Balaban J connectivity index is 1.70. The van der Waals surface area contributed by atoms with Crippen LogP contribution in [0.3, 0.4) is 0 Å². The van der Waals surface area contributed by atoms with E-state index >= 15 is 0 Å². The van der Waals surface area contributed by atoms with Crippen LogP contribution >= 0.6 is 11.6 Å². The fourth-order valence-corrected chi connectivity index (χ4v) is 3.64. The van der Waals surface area contributed by atoms with E-state index in [4.69, 9.17) is 11.6 Å². The van der Waals surface area contributed by atoms with E-state index in [0.717, 1.165) is 17.7 Å². The quantitative estimate of drug-likeness (QED) is 0.555. The summed E-state index contributed by atoms with van der Waals surface area (Å²) >= 11 is 6.26. The molecule has 29 heavy (non-hydrogen) atoms. The van der Waals surface area contributed by atoms with Crippen molar-refractivity contribution >= 4 is 23.2 Å². The van der Waals surface area contributed by atoms with Crippen LogP contribution in [-0.4, -0.2) is 10.8 Å². The Bertz CT molecular complexity index is 1070. The molecule has 1 atom stereocenters. The molecule has 3 nitrogen and oxygen atoms in total. The van der Waals surface area contributed by atoms with Gasteiger partial charge in [-0.05, 0) is 35.9 Å². The van der Waals surface area contributed by atoms with Crippen molar-refractivity contribution in [1.29, 1.82) is 0 Å². The van der Waals surface area contributed by atoms with Crippen LogP contribution < -0.4 is 5.32 Å². The highest BCUT2D eigenvalue weighted by Gasteiger charge is 2.37. The third-order valence-electron chi connectivity index (χ3n) is 4.85. The first kappa shape index (κ1) is 19.3. The minimum atomic E-state index is -4.45. The van der Waals surface area contributed by atoms with Gasteiger partial charge in [0.15, 0.2) is 0 Å². The number of benzene rings is 3. The summed E-state index contributed by atoms with van der Waals surface area (Å²) in [7, 11) is 0. The fourth-order valence-electron chi connectivity index (χ4n) is 3.44. The number of nitrogens with one attached hydrogen (secondary N) is 1. The first-order chi connectivity index (χ1) is 13.8. The van der Waals surface area contributed by atoms with E-state index < -0.39 is 17.9 Å². The van der Waals surface area contributed by atoms with Crippen molar-refractivity contribution in [3.63, 3.8) is 0 Å². The number of carbonyl (C=O) groups excluding carboxylic acids is 1. The molecule has 1 heterocycles. The summed E-state index contributed by atoms with van der Waals surface area (Å²) in [6.07, 6.45) is -5.06. The molecule has 0 fully saturated rings. The van der Waals surface area contributed by atoms with E-state index in [9.17, 15) is 18.0 Å². The molecule has 1 aliphatic rings. The van der Waals surface area contributed by atoms with Gasteiger partial charge in [-0.25, -0.2) is 0 Å². The van der Waals surface area contributed by atoms with Gasteiger partial charge >= 0.3 is 6.18 Å². The number of nitrogens with zero attached hydrogens (tertiary/aromatic N) is 1. The maximum atomic E-state index is 13.1. The van der Waals surface area contributed by atoms with Gasteiger partial charge in [0.1, 0.15) is 6.17 Å². The zero-order chi connectivity index (χ0) is 20.6. The lowest BCUT2D eigenvalue weighted by molar-refractivity contribution is -0.137. The molecule has 4 rings (SSSR count). The number of carbonyl (C=O) groups is 1. The summed E-state index contributed by atoms with van der Waals surface area (Å²) in [5.41, 5.74) is 1.51. The molecule has 0 bridgehead atoms. The number of halogens is 4. The minimum absolute atomic E-state index is 0.204. The predicted octanol–water partition coefficient (Wildman–Crippen LogP) is 6.13. The van der Waals surface area contributed by atoms with Crippen LogP contribution in [0.2, 0.25) is 5.02 Å². The van der Waals surface area contributed by atoms with Crippen LogP contribution in [0.15, 0.2) is 72.8 Å². The molecule has 3 aromatic carbocycles. The fraction of sp³-hybridized carbons (Fsp3) is 0.136. The SMILES string of the molecule is O=C1c2ccccc2[C@@H](Nc2cccc(C(F)(F)F)c2)N1Cc1ccccc1Cl. The Kier molecular flexibility index (Phi) is 4.96. The van der Waals surface area contributed by atoms with Crippen molar-refractivity contribution in [2.45, 2.75) is 18.9 Å². The molecule has 0 saturated carbocycles. The Hall–Kier alpha value is -2.99. The largest absolute Gasteiger partial charge is 0.416 e. The number of fused-ring (bicyclic) bond motifs is 1. The van der Waals surface area contributed by atoms with E-state index in [0.29, 0.717) is 16.1 Å². The normalized spacial score (nSPS) is 16.1. The number of hydrogen-bond donors (Lipinski definition) is 1. The van der Waals surface area contributed by atoms with Crippen molar-refractivity contribution in [3.8, 4) is 0 Å². The maximum absolute atomic E-state index is 13.1. The molecular formula is C22H16ClF3N2O. The van der Waals surface area contributed by atoms with Crippen LogP contribution in [0.5, 0.6) is 0 Å². The van der Waals surface area contributed by atoms with Crippen LogP contribution in [-0.2, 0) is 12.7 Å². The molecule has 0 aromatic heterocycles. The van der Waals surface area contributed by atoms with E-state index in [2.05, 4.69) is 5.32 Å². The van der Waals surface area contributed by atoms with E-state index in [1.807, 2.05) is 12.1 Å². The van der Waals surface area contributed by atoms with Crippen LogP contribution in [0, 0.1) is 0 Å².